The van der Waals surface area contributed by atoms with Gasteiger partial charge in [-0.2, -0.15) is 0 Å². The van der Waals surface area contributed by atoms with E-state index in [1.807, 2.05) is 57.3 Å². The molecule has 5 rings (SSSR count). The second-order valence-corrected chi connectivity index (χ2v) is 11.2. The maximum atomic E-state index is 13.6. The van der Waals surface area contributed by atoms with Crippen LogP contribution in [0.4, 0.5) is 4.39 Å². The molecule has 40 heavy (non-hydrogen) atoms. The van der Waals surface area contributed by atoms with Crippen molar-refractivity contribution in [2.24, 2.45) is 0 Å². The molecule has 2 aromatic heterocycles. The van der Waals surface area contributed by atoms with E-state index in [9.17, 15) is 14.0 Å². The van der Waals surface area contributed by atoms with Gasteiger partial charge in [0.15, 0.2) is 0 Å². The number of carbonyl (C=O) groups excluding carboxylic acids is 1. The van der Waals surface area contributed by atoms with Crippen molar-refractivity contribution in [1.29, 1.82) is 0 Å². The van der Waals surface area contributed by atoms with E-state index in [1.165, 1.54) is 12.1 Å². The van der Waals surface area contributed by atoms with E-state index < -0.39 is 0 Å². The van der Waals surface area contributed by atoms with Crippen molar-refractivity contribution >= 4 is 21.8 Å². The van der Waals surface area contributed by atoms with E-state index in [-0.39, 0.29) is 29.4 Å². The lowest BCUT2D eigenvalue weighted by molar-refractivity contribution is 0.0906. The zero-order chi connectivity index (χ0) is 28.4. The smallest absolute Gasteiger partial charge is 0.255 e. The number of likely N-dealkylation sites (tertiary alicyclic amines) is 1. The summed E-state index contributed by atoms with van der Waals surface area (Å²) in [4.78, 5) is 28.4. The summed E-state index contributed by atoms with van der Waals surface area (Å²) in [5, 5.41) is 11.9. The molecule has 0 saturated carbocycles. The summed E-state index contributed by atoms with van der Waals surface area (Å²) in [6.07, 6.45) is 3.57. The lowest BCUT2D eigenvalue weighted by Crippen LogP contribution is -2.45. The lowest BCUT2D eigenvalue weighted by atomic mass is 10.0. The van der Waals surface area contributed by atoms with Crippen LogP contribution in [0.25, 0.3) is 5.69 Å². The van der Waals surface area contributed by atoms with Crippen molar-refractivity contribution in [3.05, 3.63) is 110 Å². The summed E-state index contributed by atoms with van der Waals surface area (Å²) in [6, 6.07) is 15.8. The highest BCUT2D eigenvalue weighted by atomic mass is 79.9. The Labute approximate surface area is 241 Å². The Hall–Kier alpha value is -3.63. The molecule has 0 aliphatic carbocycles. The maximum absolute atomic E-state index is 13.6. The van der Waals surface area contributed by atoms with Gasteiger partial charge in [-0.3, -0.25) is 19.1 Å². The first-order chi connectivity index (χ1) is 19.2. The highest BCUT2D eigenvalue weighted by molar-refractivity contribution is 9.10. The first kappa shape index (κ1) is 27.9. The molecule has 0 radical (unpaired) electrons. The Morgan fingerprint density at radius 1 is 1.12 bits per heavy atom. The molecule has 1 aliphatic rings. The summed E-state index contributed by atoms with van der Waals surface area (Å²) in [5.41, 5.74) is 4.25. The van der Waals surface area contributed by atoms with Crippen LogP contribution in [-0.2, 0) is 6.54 Å². The molecule has 0 unspecified atom stereocenters. The average Bonchev–Trinajstić information content (AvgIpc) is 3.39. The monoisotopic (exact) mass is 606 g/mol. The van der Waals surface area contributed by atoms with Crippen molar-refractivity contribution in [2.75, 3.05) is 13.1 Å². The summed E-state index contributed by atoms with van der Waals surface area (Å²) >= 11 is 3.25. The molecule has 10 heteroatoms. The number of carbonyl (C=O) groups is 1. The van der Waals surface area contributed by atoms with Gasteiger partial charge in [0.05, 0.1) is 28.0 Å². The Morgan fingerprint density at radius 3 is 2.55 bits per heavy atom. The first-order valence-electron chi connectivity index (χ1n) is 13.4. The number of aryl methyl sites for hydroxylation is 1. The molecule has 1 atom stereocenters. The number of aromatic nitrogens is 4. The predicted octanol–water partition coefficient (Wildman–Crippen LogP) is 4.95. The molecule has 3 heterocycles. The number of hydrogen-bond acceptors (Lipinski definition) is 5. The number of amides is 1. The SMILES string of the molecule is Cc1cc(=O)n(-c2ccccc2)c(C)c1C(=O)NC1CCN(Cc2cn([C@H](C)c3ccc(F)c(Br)c3)nn2)CC1. The minimum absolute atomic E-state index is 0.0484. The summed E-state index contributed by atoms with van der Waals surface area (Å²) in [7, 11) is 0. The third-order valence-corrected chi connectivity index (χ3v) is 8.19. The summed E-state index contributed by atoms with van der Waals surface area (Å²) in [5.74, 6) is -0.446. The van der Waals surface area contributed by atoms with E-state index in [1.54, 1.807) is 21.4 Å². The lowest BCUT2D eigenvalue weighted by Gasteiger charge is -2.32. The molecular formula is C30H32BrFN6O2. The number of nitrogens with zero attached hydrogens (tertiary/aromatic N) is 5. The number of piperidine rings is 1. The molecule has 2 aromatic carbocycles. The number of nitrogens with one attached hydrogen (secondary N) is 1. The largest absolute Gasteiger partial charge is 0.349 e. The molecular weight excluding hydrogens is 575 g/mol. The van der Waals surface area contributed by atoms with Gasteiger partial charge in [0.1, 0.15) is 5.82 Å². The summed E-state index contributed by atoms with van der Waals surface area (Å²) < 4.78 is 17.4. The molecule has 8 nitrogen and oxygen atoms in total. The van der Waals surface area contributed by atoms with Crippen LogP contribution >= 0.6 is 15.9 Å². The second kappa shape index (κ2) is 11.9. The molecule has 4 aromatic rings. The van der Waals surface area contributed by atoms with Crippen LogP contribution in [-0.4, -0.2) is 49.5 Å². The zero-order valence-electron chi connectivity index (χ0n) is 22.8. The quantitative estimate of drug-likeness (QED) is 0.322. The Bertz CT molecular complexity index is 1580. The Morgan fingerprint density at radius 2 is 1.85 bits per heavy atom. The zero-order valence-corrected chi connectivity index (χ0v) is 24.4. The predicted molar refractivity (Wildman–Crippen MR) is 155 cm³/mol. The molecule has 1 saturated heterocycles. The van der Waals surface area contributed by atoms with Gasteiger partial charge in [-0.15, -0.1) is 5.10 Å². The number of hydrogen-bond donors (Lipinski definition) is 1. The maximum Gasteiger partial charge on any atom is 0.255 e. The minimum Gasteiger partial charge on any atom is -0.349 e. The molecule has 1 N–H and O–H groups in total. The van der Waals surface area contributed by atoms with Gasteiger partial charge in [0.25, 0.3) is 11.5 Å². The molecule has 1 aliphatic heterocycles. The molecule has 1 amide bonds. The van der Waals surface area contributed by atoms with Crippen LogP contribution in [0.3, 0.4) is 0 Å². The van der Waals surface area contributed by atoms with Crippen LogP contribution in [0.2, 0.25) is 0 Å². The van der Waals surface area contributed by atoms with E-state index in [2.05, 4.69) is 36.5 Å². The summed E-state index contributed by atoms with van der Waals surface area (Å²) in [6.45, 7) is 7.94. The minimum atomic E-state index is -0.295. The second-order valence-electron chi connectivity index (χ2n) is 10.4. The number of benzene rings is 2. The van der Waals surface area contributed by atoms with Crippen LogP contribution in [0, 0.1) is 19.7 Å². The fourth-order valence-corrected chi connectivity index (χ4v) is 5.74. The fraction of sp³-hybridized carbons (Fsp3) is 0.333. The van der Waals surface area contributed by atoms with E-state index in [0.29, 0.717) is 27.8 Å². The third-order valence-electron chi connectivity index (χ3n) is 7.58. The van der Waals surface area contributed by atoms with Gasteiger partial charge in [0, 0.05) is 43.1 Å². The highest BCUT2D eigenvalue weighted by Gasteiger charge is 2.25. The number of para-hydroxylation sites is 1. The van der Waals surface area contributed by atoms with Gasteiger partial charge in [0.2, 0.25) is 0 Å². The standard InChI is InChI=1S/C30H32BrFN6O2/c1-19-15-28(39)38(25-7-5-4-6-8-25)21(3)29(19)30(40)33-23-11-13-36(14-12-23)17-24-18-37(35-34-24)20(2)22-9-10-27(32)26(31)16-22/h4-10,15-16,18,20,23H,11-14,17H2,1-3H3,(H,33,40)/t20-/m1/s1. The van der Waals surface area contributed by atoms with Crippen LogP contribution in [0.5, 0.6) is 0 Å². The van der Waals surface area contributed by atoms with E-state index in [0.717, 1.165) is 42.9 Å². The Balaban J connectivity index is 1.19. The van der Waals surface area contributed by atoms with Gasteiger partial charge < -0.3 is 5.32 Å². The normalized spacial score (nSPS) is 15.2. The van der Waals surface area contributed by atoms with Crippen molar-refractivity contribution in [2.45, 2.75) is 52.2 Å². The molecule has 0 spiro atoms. The number of halogens is 2. The van der Waals surface area contributed by atoms with Crippen molar-refractivity contribution in [3.8, 4) is 5.69 Å². The van der Waals surface area contributed by atoms with Gasteiger partial charge >= 0.3 is 0 Å². The van der Waals surface area contributed by atoms with Crippen LogP contribution < -0.4 is 10.9 Å². The molecule has 0 bridgehead atoms. The van der Waals surface area contributed by atoms with Gasteiger partial charge in [-0.25, -0.2) is 9.07 Å². The third kappa shape index (κ3) is 5.93. The molecule has 208 valence electrons. The van der Waals surface area contributed by atoms with Crippen molar-refractivity contribution in [3.63, 3.8) is 0 Å². The topological polar surface area (TPSA) is 85.0 Å². The Kier molecular flexibility index (Phi) is 8.27. The number of pyridine rings is 1. The van der Waals surface area contributed by atoms with Gasteiger partial charge in [-0.1, -0.05) is 29.5 Å². The van der Waals surface area contributed by atoms with Crippen molar-refractivity contribution in [1.82, 2.24) is 29.8 Å². The fourth-order valence-electron chi connectivity index (χ4n) is 5.35. The first-order valence-corrected chi connectivity index (χ1v) is 14.2. The van der Waals surface area contributed by atoms with E-state index >= 15 is 0 Å². The van der Waals surface area contributed by atoms with Crippen LogP contribution in [0.1, 0.15) is 58.7 Å². The average molecular weight is 608 g/mol. The number of rotatable bonds is 7. The van der Waals surface area contributed by atoms with E-state index in [4.69, 9.17) is 0 Å². The van der Waals surface area contributed by atoms with Crippen LogP contribution in [0.15, 0.2) is 70.1 Å². The van der Waals surface area contributed by atoms with Crippen molar-refractivity contribution < 1.29 is 9.18 Å². The molecule has 1 fully saturated rings. The van der Waals surface area contributed by atoms with Gasteiger partial charge in [-0.05, 0) is 84.9 Å². The highest BCUT2D eigenvalue weighted by Crippen LogP contribution is 2.24.